The van der Waals surface area contributed by atoms with Crippen molar-refractivity contribution in [3.63, 3.8) is 0 Å². The van der Waals surface area contributed by atoms with Crippen LogP contribution in [-0.4, -0.2) is 14.7 Å². The van der Waals surface area contributed by atoms with Gasteiger partial charge in [0.25, 0.3) is 0 Å². The third kappa shape index (κ3) is 3.33. The maximum Gasteiger partial charge on any atom is 0.243 e. The first-order valence-corrected chi connectivity index (χ1v) is 6.61. The van der Waals surface area contributed by atoms with Gasteiger partial charge in [-0.2, -0.15) is 0 Å². The van der Waals surface area contributed by atoms with Gasteiger partial charge in [0.15, 0.2) is 5.76 Å². The molecule has 4 nitrogen and oxygen atoms in total. The zero-order chi connectivity index (χ0) is 14.8. The second-order valence-electron chi connectivity index (χ2n) is 5.43. The van der Waals surface area contributed by atoms with Crippen molar-refractivity contribution in [2.45, 2.75) is 20.8 Å². The second kappa shape index (κ2) is 5.59. The molecule has 2 rings (SSSR count). The summed E-state index contributed by atoms with van der Waals surface area (Å²) in [5, 5.41) is 11.0. The summed E-state index contributed by atoms with van der Waals surface area (Å²) in [6.45, 7) is 5.72. The highest BCUT2D eigenvalue weighted by Gasteiger charge is 2.23. The van der Waals surface area contributed by atoms with E-state index in [1.165, 1.54) is 0 Å². The molecule has 1 aromatic heterocycles. The number of ether oxygens (including phenoxy) is 1. The Morgan fingerprint density at radius 1 is 1.25 bits per heavy atom. The Morgan fingerprint density at radius 2 is 1.90 bits per heavy atom. The molecule has 20 heavy (non-hydrogen) atoms. The lowest BCUT2D eigenvalue weighted by Gasteiger charge is -2.21. The van der Waals surface area contributed by atoms with Crippen molar-refractivity contribution in [1.29, 1.82) is 0 Å². The van der Waals surface area contributed by atoms with Gasteiger partial charge in [-0.1, -0.05) is 32.4 Å². The fraction of sp³-hybridized carbons (Fsp3) is 0.267. The summed E-state index contributed by atoms with van der Waals surface area (Å²) in [5.41, 5.74) is -0.438. The molecule has 5 heteroatoms. The van der Waals surface area contributed by atoms with Crippen molar-refractivity contribution in [2.75, 3.05) is 0 Å². The van der Waals surface area contributed by atoms with Gasteiger partial charge in [-0.15, -0.1) is 0 Å². The number of benzene rings is 1. The van der Waals surface area contributed by atoms with Crippen molar-refractivity contribution in [2.24, 2.45) is 5.41 Å². The number of hydrogen-bond donors (Lipinski definition) is 1. The Balaban J connectivity index is 2.41. The first-order chi connectivity index (χ1) is 9.38. The monoisotopic (exact) mass is 292 g/mol. The Bertz CT molecular complexity index is 596. The summed E-state index contributed by atoms with van der Waals surface area (Å²) in [5.74, 6) is 1.07. The van der Waals surface area contributed by atoms with Gasteiger partial charge in [0, 0.05) is 22.8 Å². The van der Waals surface area contributed by atoms with Crippen molar-refractivity contribution >= 4 is 17.5 Å². The molecule has 0 unspecified atom stereocenters. The molecule has 0 aliphatic carbocycles. The van der Waals surface area contributed by atoms with E-state index in [2.05, 4.69) is 4.98 Å². The topological polar surface area (TPSA) is 47.3 Å². The molecule has 1 aromatic carbocycles. The van der Waals surface area contributed by atoms with Crippen LogP contribution in [0.3, 0.4) is 0 Å². The molecule has 0 atom stereocenters. The number of aliphatic hydroxyl groups is 1. The number of rotatable bonds is 3. The molecule has 0 fully saturated rings. The van der Waals surface area contributed by atoms with Gasteiger partial charge >= 0.3 is 0 Å². The van der Waals surface area contributed by atoms with Gasteiger partial charge in [-0.05, 0) is 24.3 Å². The second-order valence-corrected chi connectivity index (χ2v) is 5.87. The molecular weight excluding hydrogens is 276 g/mol. The summed E-state index contributed by atoms with van der Waals surface area (Å²) < 4.78 is 7.43. The summed E-state index contributed by atoms with van der Waals surface area (Å²) in [7, 11) is 0. The van der Waals surface area contributed by atoms with Crippen LogP contribution >= 0.6 is 11.6 Å². The summed E-state index contributed by atoms with van der Waals surface area (Å²) in [4.78, 5) is 3.98. The maximum absolute atomic E-state index is 10.4. The summed E-state index contributed by atoms with van der Waals surface area (Å²) in [6, 6.07) is 6.96. The largest absolute Gasteiger partial charge is 0.506 e. The van der Waals surface area contributed by atoms with E-state index in [4.69, 9.17) is 16.3 Å². The van der Waals surface area contributed by atoms with E-state index in [0.717, 1.165) is 0 Å². The number of hydrogen-bond acceptors (Lipinski definition) is 3. The van der Waals surface area contributed by atoms with Gasteiger partial charge in [0.1, 0.15) is 12.1 Å². The molecular formula is C15H17ClN2O2. The predicted molar refractivity (Wildman–Crippen MR) is 79.6 cm³/mol. The first-order valence-electron chi connectivity index (χ1n) is 6.23. The molecule has 1 N–H and O–H groups in total. The van der Waals surface area contributed by atoms with Crippen molar-refractivity contribution < 1.29 is 9.84 Å². The van der Waals surface area contributed by atoms with Gasteiger partial charge in [0.05, 0.1) is 0 Å². The minimum absolute atomic E-state index is 0.144. The number of aliphatic hydroxyl groups excluding tert-OH is 1. The smallest absolute Gasteiger partial charge is 0.243 e. The standard InChI is InChI=1S/C15H17ClN2O2/c1-15(2,3)13(19)14(18-9-8-17-10-18)20-12-6-4-11(16)5-7-12/h4-10,19H,1-3H3/b14-13-. The fourth-order valence-corrected chi connectivity index (χ4v) is 1.66. The third-order valence-corrected chi connectivity index (χ3v) is 2.93. The zero-order valence-electron chi connectivity index (χ0n) is 11.7. The quantitative estimate of drug-likeness (QED) is 0.856. The van der Waals surface area contributed by atoms with Gasteiger partial charge in [-0.3, -0.25) is 4.57 Å². The van der Waals surface area contributed by atoms with Crippen molar-refractivity contribution in [1.82, 2.24) is 9.55 Å². The number of halogens is 1. The average Bonchev–Trinajstić information content (AvgIpc) is 2.90. The van der Waals surface area contributed by atoms with Gasteiger partial charge in [0.2, 0.25) is 5.88 Å². The van der Waals surface area contributed by atoms with Gasteiger partial charge in [-0.25, -0.2) is 4.98 Å². The highest BCUT2D eigenvalue weighted by molar-refractivity contribution is 6.30. The number of aromatic nitrogens is 2. The maximum atomic E-state index is 10.4. The Morgan fingerprint density at radius 3 is 2.40 bits per heavy atom. The van der Waals surface area contributed by atoms with Crippen LogP contribution in [0.2, 0.25) is 5.02 Å². The van der Waals surface area contributed by atoms with Crippen LogP contribution in [0, 0.1) is 5.41 Å². The van der Waals surface area contributed by atoms with E-state index in [1.807, 2.05) is 20.8 Å². The zero-order valence-corrected chi connectivity index (χ0v) is 12.4. The van der Waals surface area contributed by atoms with Crippen LogP contribution in [-0.2, 0) is 0 Å². The molecule has 2 aromatic rings. The molecule has 0 saturated heterocycles. The van der Waals surface area contributed by atoms with E-state index < -0.39 is 5.41 Å². The summed E-state index contributed by atoms with van der Waals surface area (Å²) >= 11 is 5.85. The van der Waals surface area contributed by atoms with Crippen molar-refractivity contribution in [3.05, 3.63) is 53.8 Å². The Hall–Kier alpha value is -1.94. The first kappa shape index (κ1) is 14.5. The van der Waals surface area contributed by atoms with Crippen LogP contribution < -0.4 is 4.74 Å². The highest BCUT2D eigenvalue weighted by atomic mass is 35.5. The molecule has 0 bridgehead atoms. The van der Waals surface area contributed by atoms with Crippen molar-refractivity contribution in [3.8, 4) is 5.75 Å². The minimum Gasteiger partial charge on any atom is -0.506 e. The van der Waals surface area contributed by atoms with E-state index in [-0.39, 0.29) is 5.76 Å². The molecule has 0 radical (unpaired) electrons. The Kier molecular flexibility index (Phi) is 4.04. The molecule has 0 aliphatic rings. The van der Waals surface area contributed by atoms with Crippen LogP contribution in [0.4, 0.5) is 0 Å². The summed E-state index contributed by atoms with van der Waals surface area (Å²) in [6.07, 6.45) is 4.92. The molecule has 0 saturated carbocycles. The molecule has 1 heterocycles. The van der Waals surface area contributed by atoms with Gasteiger partial charge < -0.3 is 9.84 Å². The Labute approximate surface area is 123 Å². The highest BCUT2D eigenvalue weighted by Crippen LogP contribution is 2.29. The van der Waals surface area contributed by atoms with Crippen LogP contribution in [0.15, 0.2) is 48.7 Å². The van der Waals surface area contributed by atoms with E-state index in [9.17, 15) is 5.11 Å². The third-order valence-electron chi connectivity index (χ3n) is 2.68. The lowest BCUT2D eigenvalue weighted by molar-refractivity contribution is 0.259. The molecule has 0 spiro atoms. The van der Waals surface area contributed by atoms with E-state index in [0.29, 0.717) is 16.7 Å². The average molecular weight is 293 g/mol. The molecule has 0 amide bonds. The molecule has 0 aliphatic heterocycles. The lowest BCUT2D eigenvalue weighted by Crippen LogP contribution is -2.16. The minimum atomic E-state index is -0.438. The predicted octanol–water partition coefficient (Wildman–Crippen LogP) is 4.35. The van der Waals surface area contributed by atoms with Crippen LogP contribution in [0.5, 0.6) is 5.75 Å². The fourth-order valence-electron chi connectivity index (χ4n) is 1.54. The van der Waals surface area contributed by atoms with Crippen LogP contribution in [0.1, 0.15) is 20.8 Å². The van der Waals surface area contributed by atoms with Crippen LogP contribution in [0.25, 0.3) is 5.88 Å². The van der Waals surface area contributed by atoms with E-state index >= 15 is 0 Å². The lowest BCUT2D eigenvalue weighted by atomic mass is 9.94. The normalized spacial score (nSPS) is 13.0. The number of nitrogens with zero attached hydrogens (tertiary/aromatic N) is 2. The number of imidazole rings is 1. The van der Waals surface area contributed by atoms with E-state index in [1.54, 1.807) is 47.6 Å². The number of allylic oxidation sites excluding steroid dienone is 1. The SMILES string of the molecule is CC(C)(C)/C(O)=C(/Oc1ccc(Cl)cc1)n1ccnc1. The molecule has 106 valence electrons.